The quantitative estimate of drug-likeness (QED) is 0.762. The van der Waals surface area contributed by atoms with Crippen molar-refractivity contribution in [3.63, 3.8) is 0 Å². The molecule has 2 rings (SSSR count). The van der Waals surface area contributed by atoms with E-state index in [9.17, 15) is 4.79 Å². The Morgan fingerprint density at radius 1 is 1.38 bits per heavy atom. The van der Waals surface area contributed by atoms with E-state index >= 15 is 0 Å². The van der Waals surface area contributed by atoms with Crippen LogP contribution in [-0.2, 0) is 11.3 Å². The Kier molecular flexibility index (Phi) is 3.53. The first-order chi connectivity index (χ1) is 7.86. The molecule has 84 valence electrons. The van der Waals surface area contributed by atoms with Crippen LogP contribution in [-0.4, -0.2) is 30.4 Å². The average Bonchev–Trinajstić information content (AvgIpc) is 2.38. The van der Waals surface area contributed by atoms with Crippen molar-refractivity contribution < 1.29 is 9.53 Å². The van der Waals surface area contributed by atoms with Crippen LogP contribution in [0, 0.1) is 0 Å². The van der Waals surface area contributed by atoms with E-state index in [1.54, 1.807) is 4.90 Å². The fourth-order valence-corrected chi connectivity index (χ4v) is 1.49. The lowest BCUT2D eigenvalue weighted by Gasteiger charge is -2.21. The van der Waals surface area contributed by atoms with Crippen LogP contribution in [0.25, 0.3) is 0 Å². The Hall–Kier alpha value is -1.84. The largest absolute Gasteiger partial charge is 0.445 e. The zero-order valence-corrected chi connectivity index (χ0v) is 9.00. The number of hydrogen-bond donors (Lipinski definition) is 0. The summed E-state index contributed by atoms with van der Waals surface area (Å²) >= 11 is 0. The molecule has 1 amide bonds. The molecule has 0 fully saturated rings. The van der Waals surface area contributed by atoms with Crippen molar-refractivity contribution >= 4 is 12.3 Å². The minimum atomic E-state index is -0.291. The fraction of sp³-hybridized carbons (Fsp3) is 0.333. The van der Waals surface area contributed by atoms with Crippen LogP contribution in [0.4, 0.5) is 4.79 Å². The van der Waals surface area contributed by atoms with Gasteiger partial charge >= 0.3 is 6.09 Å². The van der Waals surface area contributed by atoms with Gasteiger partial charge in [-0.15, -0.1) is 0 Å². The van der Waals surface area contributed by atoms with Gasteiger partial charge in [0.05, 0.1) is 0 Å². The molecule has 16 heavy (non-hydrogen) atoms. The molecule has 0 spiro atoms. The van der Waals surface area contributed by atoms with Crippen LogP contribution < -0.4 is 0 Å². The Labute approximate surface area is 94.5 Å². The summed E-state index contributed by atoms with van der Waals surface area (Å²) in [5, 5.41) is 0. The van der Waals surface area contributed by atoms with E-state index in [1.807, 2.05) is 36.5 Å². The Bertz CT molecular complexity index is 376. The molecule has 4 nitrogen and oxygen atoms in total. The second-order valence-electron chi connectivity index (χ2n) is 3.60. The molecule has 0 saturated carbocycles. The molecule has 1 aromatic rings. The van der Waals surface area contributed by atoms with E-state index in [2.05, 4.69) is 4.99 Å². The highest BCUT2D eigenvalue weighted by molar-refractivity contribution is 5.69. The van der Waals surface area contributed by atoms with Crippen molar-refractivity contribution in [2.45, 2.75) is 13.0 Å². The number of carbonyl (C=O) groups is 1. The fourth-order valence-electron chi connectivity index (χ4n) is 1.49. The second kappa shape index (κ2) is 5.30. The standard InChI is InChI=1S/C12H14N2O2/c15-12(14-8-4-7-13-10-14)16-9-11-5-2-1-3-6-11/h1-3,5-7H,4,8-10H2. The summed E-state index contributed by atoms with van der Waals surface area (Å²) in [5.41, 5.74) is 0.997. The van der Waals surface area contributed by atoms with Gasteiger partial charge in [0.15, 0.2) is 0 Å². The van der Waals surface area contributed by atoms with Gasteiger partial charge in [-0.3, -0.25) is 9.89 Å². The predicted octanol–water partition coefficient (Wildman–Crippen LogP) is 2.06. The summed E-state index contributed by atoms with van der Waals surface area (Å²) in [6, 6.07) is 9.65. The molecule has 0 atom stereocenters. The number of ether oxygens (including phenoxy) is 1. The van der Waals surface area contributed by atoms with Crippen LogP contribution in [0.3, 0.4) is 0 Å². The summed E-state index contributed by atoms with van der Waals surface area (Å²) in [7, 11) is 0. The molecule has 0 aromatic heterocycles. The average molecular weight is 218 g/mol. The predicted molar refractivity (Wildman–Crippen MR) is 61.3 cm³/mol. The third-order valence-corrected chi connectivity index (χ3v) is 2.37. The Balaban J connectivity index is 1.82. The monoisotopic (exact) mass is 218 g/mol. The molecule has 0 saturated heterocycles. The highest BCUT2D eigenvalue weighted by Crippen LogP contribution is 2.05. The highest BCUT2D eigenvalue weighted by Gasteiger charge is 2.15. The van der Waals surface area contributed by atoms with Crippen LogP contribution >= 0.6 is 0 Å². The molecule has 1 aliphatic heterocycles. The normalized spacial score (nSPS) is 14.9. The highest BCUT2D eigenvalue weighted by atomic mass is 16.6. The summed E-state index contributed by atoms with van der Waals surface area (Å²) in [6.07, 6.45) is 2.35. The second-order valence-corrected chi connectivity index (χ2v) is 3.60. The van der Waals surface area contributed by atoms with Crippen LogP contribution in [0.1, 0.15) is 12.0 Å². The molecular weight excluding hydrogens is 204 g/mol. The van der Waals surface area contributed by atoms with Gasteiger partial charge < -0.3 is 4.74 Å². The summed E-state index contributed by atoms with van der Waals surface area (Å²) < 4.78 is 5.18. The molecule has 1 heterocycles. The van der Waals surface area contributed by atoms with Crippen molar-refractivity contribution in [2.75, 3.05) is 13.2 Å². The number of nitrogens with zero attached hydrogens (tertiary/aromatic N) is 2. The summed E-state index contributed by atoms with van der Waals surface area (Å²) in [5.74, 6) is 0. The molecule has 0 radical (unpaired) electrons. The minimum Gasteiger partial charge on any atom is -0.445 e. The smallest absolute Gasteiger partial charge is 0.411 e. The van der Waals surface area contributed by atoms with Gasteiger partial charge in [0.25, 0.3) is 0 Å². The number of aliphatic imine (C=N–C) groups is 1. The lowest BCUT2D eigenvalue weighted by molar-refractivity contribution is 0.0971. The lowest BCUT2D eigenvalue weighted by atomic mass is 10.2. The maximum atomic E-state index is 11.6. The van der Waals surface area contributed by atoms with Crippen molar-refractivity contribution in [3.05, 3.63) is 35.9 Å². The zero-order chi connectivity index (χ0) is 11.2. The van der Waals surface area contributed by atoms with E-state index in [1.165, 1.54) is 0 Å². The SMILES string of the molecule is O=C(OCc1ccccc1)N1CCC=NC1. The van der Waals surface area contributed by atoms with Crippen molar-refractivity contribution in [2.24, 2.45) is 4.99 Å². The summed E-state index contributed by atoms with van der Waals surface area (Å²) in [4.78, 5) is 17.2. The topological polar surface area (TPSA) is 41.9 Å². The maximum Gasteiger partial charge on any atom is 0.411 e. The van der Waals surface area contributed by atoms with Crippen LogP contribution in [0.5, 0.6) is 0 Å². The van der Waals surface area contributed by atoms with E-state index in [4.69, 9.17) is 4.74 Å². The third-order valence-electron chi connectivity index (χ3n) is 2.37. The van der Waals surface area contributed by atoms with Crippen molar-refractivity contribution in [1.82, 2.24) is 4.90 Å². The molecule has 1 aromatic carbocycles. The van der Waals surface area contributed by atoms with Gasteiger partial charge in [-0.1, -0.05) is 30.3 Å². The molecular formula is C12H14N2O2. The van der Waals surface area contributed by atoms with Crippen molar-refractivity contribution in [3.8, 4) is 0 Å². The van der Waals surface area contributed by atoms with Crippen LogP contribution in [0.15, 0.2) is 35.3 Å². The summed E-state index contributed by atoms with van der Waals surface area (Å²) in [6.45, 7) is 1.42. The minimum absolute atomic E-state index is 0.291. The van der Waals surface area contributed by atoms with Gasteiger partial charge in [-0.2, -0.15) is 0 Å². The molecule has 0 unspecified atom stereocenters. The molecule has 0 bridgehead atoms. The number of hydrogen-bond acceptors (Lipinski definition) is 3. The Morgan fingerprint density at radius 2 is 2.19 bits per heavy atom. The van der Waals surface area contributed by atoms with Gasteiger partial charge in [0.1, 0.15) is 13.3 Å². The van der Waals surface area contributed by atoms with Crippen LogP contribution in [0.2, 0.25) is 0 Å². The van der Waals surface area contributed by atoms with E-state index < -0.39 is 0 Å². The third kappa shape index (κ3) is 2.82. The van der Waals surface area contributed by atoms with Gasteiger partial charge in [0.2, 0.25) is 0 Å². The van der Waals surface area contributed by atoms with Gasteiger partial charge in [-0.25, -0.2) is 4.79 Å². The molecule has 4 heteroatoms. The first-order valence-corrected chi connectivity index (χ1v) is 5.30. The molecule has 1 aliphatic rings. The lowest BCUT2D eigenvalue weighted by Crippen LogP contribution is -2.34. The first kappa shape index (κ1) is 10.7. The number of benzene rings is 1. The molecule has 0 N–H and O–H groups in total. The number of rotatable bonds is 2. The van der Waals surface area contributed by atoms with E-state index in [-0.39, 0.29) is 6.09 Å². The molecule has 0 aliphatic carbocycles. The number of carbonyl (C=O) groups excluding carboxylic acids is 1. The zero-order valence-electron chi connectivity index (χ0n) is 9.00. The first-order valence-electron chi connectivity index (χ1n) is 5.30. The number of amides is 1. The van der Waals surface area contributed by atoms with Crippen molar-refractivity contribution in [1.29, 1.82) is 0 Å². The van der Waals surface area contributed by atoms with E-state index in [0.717, 1.165) is 12.0 Å². The van der Waals surface area contributed by atoms with E-state index in [0.29, 0.717) is 19.8 Å². The van der Waals surface area contributed by atoms with Gasteiger partial charge in [0, 0.05) is 19.2 Å². The van der Waals surface area contributed by atoms with Gasteiger partial charge in [-0.05, 0) is 5.56 Å². The maximum absolute atomic E-state index is 11.6. The Morgan fingerprint density at radius 3 is 2.88 bits per heavy atom.